The average Bonchev–Trinajstić information content (AvgIpc) is 2.26. The molecule has 0 atom stereocenters. The molecule has 0 aromatic heterocycles. The molecule has 0 radical (unpaired) electrons. The lowest BCUT2D eigenvalue weighted by atomic mass is 10.1. The van der Waals surface area contributed by atoms with Gasteiger partial charge in [-0.15, -0.1) is 0 Å². The third-order valence-electron chi connectivity index (χ3n) is 2.74. The van der Waals surface area contributed by atoms with Crippen molar-refractivity contribution in [3.8, 4) is 0 Å². The summed E-state index contributed by atoms with van der Waals surface area (Å²) in [5, 5.41) is 6.59. The highest BCUT2D eigenvalue weighted by molar-refractivity contribution is 6.33. The summed E-state index contributed by atoms with van der Waals surface area (Å²) in [6, 6.07) is 3.93. The fraction of sp³-hybridized carbons (Fsp3) is 0.500. The summed E-state index contributed by atoms with van der Waals surface area (Å²) >= 11 is 6.16. The molecule has 1 aromatic rings. The van der Waals surface area contributed by atoms with Crippen LogP contribution in [0.1, 0.15) is 11.1 Å². The van der Waals surface area contributed by atoms with Crippen LogP contribution in [0.5, 0.6) is 0 Å². The van der Waals surface area contributed by atoms with Crippen LogP contribution in [0, 0.1) is 13.8 Å². The molecular weight excluding hydrogens is 262 g/mol. The number of hydrogen-bond acceptors (Lipinski definition) is 3. The highest BCUT2D eigenvalue weighted by Gasteiger charge is 2.07. The molecule has 106 valence electrons. The number of carbonyl (C=O) groups excluding carboxylic acids is 1. The lowest BCUT2D eigenvalue weighted by molar-refractivity contribution is -0.119. The van der Waals surface area contributed by atoms with E-state index in [1.807, 2.05) is 45.0 Å². The fourth-order valence-electron chi connectivity index (χ4n) is 1.79. The van der Waals surface area contributed by atoms with E-state index in [-0.39, 0.29) is 12.5 Å². The van der Waals surface area contributed by atoms with Crippen molar-refractivity contribution in [2.75, 3.05) is 39.0 Å². The molecule has 5 heteroatoms. The molecule has 0 heterocycles. The Kier molecular flexibility index (Phi) is 6.12. The Morgan fingerprint density at radius 1 is 1.32 bits per heavy atom. The van der Waals surface area contributed by atoms with Crippen LogP contribution in [-0.2, 0) is 4.79 Å². The average molecular weight is 284 g/mol. The zero-order valence-electron chi connectivity index (χ0n) is 12.0. The van der Waals surface area contributed by atoms with Crippen molar-refractivity contribution < 1.29 is 4.79 Å². The second-order valence-electron chi connectivity index (χ2n) is 4.95. The van der Waals surface area contributed by atoms with Gasteiger partial charge in [0.15, 0.2) is 0 Å². The van der Waals surface area contributed by atoms with Crippen molar-refractivity contribution in [1.82, 2.24) is 10.2 Å². The molecule has 1 aromatic carbocycles. The van der Waals surface area contributed by atoms with Crippen LogP contribution in [-0.4, -0.2) is 44.5 Å². The first-order chi connectivity index (χ1) is 8.90. The highest BCUT2D eigenvalue weighted by atomic mass is 35.5. The molecule has 0 unspecified atom stereocenters. The Labute approximate surface area is 120 Å². The molecule has 0 fully saturated rings. The molecule has 1 amide bonds. The van der Waals surface area contributed by atoms with E-state index in [0.717, 1.165) is 23.4 Å². The largest absolute Gasteiger partial charge is 0.375 e. The first kappa shape index (κ1) is 15.8. The van der Waals surface area contributed by atoms with Crippen LogP contribution >= 0.6 is 11.6 Å². The predicted molar refractivity (Wildman–Crippen MR) is 81.0 cm³/mol. The van der Waals surface area contributed by atoms with E-state index in [2.05, 4.69) is 10.6 Å². The summed E-state index contributed by atoms with van der Waals surface area (Å²) in [5.74, 6) is -0.0297. The Morgan fingerprint density at radius 3 is 2.58 bits per heavy atom. The van der Waals surface area contributed by atoms with Gasteiger partial charge in [0.05, 0.1) is 17.3 Å². The molecule has 0 bridgehead atoms. The summed E-state index contributed by atoms with van der Waals surface area (Å²) in [6.07, 6.45) is 0. The van der Waals surface area contributed by atoms with E-state index in [4.69, 9.17) is 11.6 Å². The Morgan fingerprint density at radius 2 is 2.00 bits per heavy atom. The van der Waals surface area contributed by atoms with Gasteiger partial charge in [0.25, 0.3) is 0 Å². The van der Waals surface area contributed by atoms with E-state index < -0.39 is 0 Å². The zero-order valence-corrected chi connectivity index (χ0v) is 12.8. The first-order valence-electron chi connectivity index (χ1n) is 6.32. The van der Waals surface area contributed by atoms with Crippen molar-refractivity contribution in [1.29, 1.82) is 0 Å². The lowest BCUT2D eigenvalue weighted by Crippen LogP contribution is -2.35. The number of likely N-dealkylation sites (N-methyl/N-ethyl adjacent to an activating group) is 1. The minimum absolute atomic E-state index is 0.0297. The molecule has 19 heavy (non-hydrogen) atoms. The second-order valence-corrected chi connectivity index (χ2v) is 5.35. The molecule has 0 aliphatic rings. The summed E-state index contributed by atoms with van der Waals surface area (Å²) in [7, 11) is 3.94. The third-order valence-corrected chi connectivity index (χ3v) is 3.04. The number of halogens is 1. The lowest BCUT2D eigenvalue weighted by Gasteiger charge is -2.13. The molecule has 0 aliphatic heterocycles. The van der Waals surface area contributed by atoms with Gasteiger partial charge in [-0.1, -0.05) is 17.7 Å². The number of nitrogens with zero attached hydrogens (tertiary/aromatic N) is 1. The van der Waals surface area contributed by atoms with E-state index in [0.29, 0.717) is 11.6 Å². The molecule has 0 spiro atoms. The van der Waals surface area contributed by atoms with Gasteiger partial charge in [0, 0.05) is 13.1 Å². The van der Waals surface area contributed by atoms with Crippen molar-refractivity contribution in [2.45, 2.75) is 13.8 Å². The maximum atomic E-state index is 11.7. The Hall–Kier alpha value is -1.26. The molecule has 0 saturated heterocycles. The van der Waals surface area contributed by atoms with Gasteiger partial charge in [0.2, 0.25) is 5.91 Å². The molecular formula is C14H22ClN3O. The number of nitrogens with one attached hydrogen (secondary N) is 2. The number of amides is 1. The van der Waals surface area contributed by atoms with E-state index >= 15 is 0 Å². The first-order valence-corrected chi connectivity index (χ1v) is 6.70. The van der Waals surface area contributed by atoms with Crippen LogP contribution in [0.4, 0.5) is 5.69 Å². The fourth-order valence-corrected chi connectivity index (χ4v) is 2.18. The van der Waals surface area contributed by atoms with E-state index in [1.54, 1.807) is 0 Å². The maximum Gasteiger partial charge on any atom is 0.239 e. The van der Waals surface area contributed by atoms with Crippen molar-refractivity contribution >= 4 is 23.2 Å². The summed E-state index contributed by atoms with van der Waals surface area (Å²) in [5.41, 5.74) is 2.99. The van der Waals surface area contributed by atoms with Gasteiger partial charge in [-0.05, 0) is 45.1 Å². The van der Waals surface area contributed by atoms with Crippen LogP contribution < -0.4 is 10.6 Å². The number of benzene rings is 1. The summed E-state index contributed by atoms with van der Waals surface area (Å²) < 4.78 is 0. The van der Waals surface area contributed by atoms with Crippen molar-refractivity contribution in [3.63, 3.8) is 0 Å². The third kappa shape index (κ3) is 5.49. The molecule has 0 aliphatic carbocycles. The van der Waals surface area contributed by atoms with E-state index in [9.17, 15) is 4.79 Å². The summed E-state index contributed by atoms with van der Waals surface area (Å²) in [4.78, 5) is 13.7. The molecule has 4 nitrogen and oxygen atoms in total. The zero-order chi connectivity index (χ0) is 14.4. The highest BCUT2D eigenvalue weighted by Crippen LogP contribution is 2.26. The molecule has 2 N–H and O–H groups in total. The van der Waals surface area contributed by atoms with Gasteiger partial charge in [-0.25, -0.2) is 0 Å². The summed E-state index contributed by atoms with van der Waals surface area (Å²) in [6.45, 7) is 5.68. The second kappa shape index (κ2) is 7.36. The monoisotopic (exact) mass is 283 g/mol. The molecule has 0 saturated carbocycles. The number of anilines is 1. The maximum absolute atomic E-state index is 11.7. The quantitative estimate of drug-likeness (QED) is 0.840. The van der Waals surface area contributed by atoms with Gasteiger partial charge in [-0.2, -0.15) is 0 Å². The van der Waals surface area contributed by atoms with Gasteiger partial charge >= 0.3 is 0 Å². The molecule has 1 rings (SSSR count). The van der Waals surface area contributed by atoms with Gasteiger partial charge < -0.3 is 15.5 Å². The van der Waals surface area contributed by atoms with Crippen molar-refractivity contribution in [2.24, 2.45) is 0 Å². The standard InChI is InChI=1S/C14H22ClN3O/c1-10-7-11(2)14(12(15)8-10)17-9-13(19)16-5-6-18(3)4/h7-8,17H,5-6,9H2,1-4H3,(H,16,19). The van der Waals surface area contributed by atoms with Crippen LogP contribution in [0.15, 0.2) is 12.1 Å². The number of hydrogen-bond donors (Lipinski definition) is 2. The van der Waals surface area contributed by atoms with Crippen LogP contribution in [0.25, 0.3) is 0 Å². The minimum Gasteiger partial charge on any atom is -0.375 e. The van der Waals surface area contributed by atoms with Crippen molar-refractivity contribution in [3.05, 3.63) is 28.3 Å². The SMILES string of the molecule is Cc1cc(C)c(NCC(=O)NCCN(C)C)c(Cl)c1. The Bertz CT molecular complexity index is 423. The normalized spacial score (nSPS) is 10.6. The minimum atomic E-state index is -0.0297. The van der Waals surface area contributed by atoms with Gasteiger partial charge in [-0.3, -0.25) is 4.79 Å². The number of aryl methyl sites for hydroxylation is 2. The number of carbonyl (C=O) groups is 1. The predicted octanol–water partition coefficient (Wildman–Crippen LogP) is 2.05. The van der Waals surface area contributed by atoms with Crippen LogP contribution in [0.2, 0.25) is 5.02 Å². The smallest absolute Gasteiger partial charge is 0.239 e. The van der Waals surface area contributed by atoms with Crippen LogP contribution in [0.3, 0.4) is 0 Å². The topological polar surface area (TPSA) is 44.4 Å². The van der Waals surface area contributed by atoms with Gasteiger partial charge in [0.1, 0.15) is 0 Å². The van der Waals surface area contributed by atoms with E-state index in [1.165, 1.54) is 0 Å². The number of rotatable bonds is 6. The Balaban J connectivity index is 2.46.